The van der Waals surface area contributed by atoms with Gasteiger partial charge in [0.25, 0.3) is 5.91 Å². The number of carbonyl (C=O) groups excluding carboxylic acids is 2. The molecule has 0 radical (unpaired) electrons. The van der Waals surface area contributed by atoms with Gasteiger partial charge < -0.3 is 14.2 Å². The van der Waals surface area contributed by atoms with Crippen molar-refractivity contribution in [2.24, 2.45) is 0 Å². The Balaban J connectivity index is 2.19. The van der Waals surface area contributed by atoms with E-state index in [9.17, 15) is 9.59 Å². The number of methoxy groups -OCH3 is 1. The predicted molar refractivity (Wildman–Crippen MR) is 110 cm³/mol. The maximum atomic E-state index is 12.7. The molecule has 3 rings (SSSR count). The van der Waals surface area contributed by atoms with Gasteiger partial charge in [0.1, 0.15) is 0 Å². The molecule has 5 heteroatoms. The van der Waals surface area contributed by atoms with Gasteiger partial charge in [0, 0.05) is 24.1 Å². The molecule has 1 aliphatic rings. The molecule has 0 atom stereocenters. The Morgan fingerprint density at radius 3 is 2.25 bits per heavy atom. The smallest absolute Gasteiger partial charge is 0.340 e. The molecule has 0 fully saturated rings. The lowest BCUT2D eigenvalue weighted by atomic mass is 10.0. The highest BCUT2D eigenvalue weighted by Crippen LogP contribution is 2.33. The number of aryl methyl sites for hydroxylation is 3. The molecule has 2 heterocycles. The monoisotopic (exact) mass is 378 g/mol. The molecule has 2 aromatic rings. The van der Waals surface area contributed by atoms with Crippen LogP contribution in [0.4, 0.5) is 0 Å². The van der Waals surface area contributed by atoms with Crippen molar-refractivity contribution in [2.75, 3.05) is 14.2 Å². The number of benzene rings is 1. The van der Waals surface area contributed by atoms with Gasteiger partial charge in [-0.15, -0.1) is 0 Å². The van der Waals surface area contributed by atoms with Crippen LogP contribution >= 0.6 is 0 Å². The summed E-state index contributed by atoms with van der Waals surface area (Å²) in [6.07, 6.45) is 1.80. The molecule has 1 aliphatic heterocycles. The topological polar surface area (TPSA) is 51.5 Å². The molecule has 0 saturated heterocycles. The van der Waals surface area contributed by atoms with Gasteiger partial charge in [0.15, 0.2) is 0 Å². The lowest BCUT2D eigenvalue weighted by Crippen LogP contribution is -2.19. The van der Waals surface area contributed by atoms with E-state index in [0.717, 1.165) is 22.6 Å². The van der Waals surface area contributed by atoms with Gasteiger partial charge in [-0.1, -0.05) is 18.2 Å². The van der Waals surface area contributed by atoms with Crippen molar-refractivity contribution in [1.82, 2.24) is 9.47 Å². The van der Waals surface area contributed by atoms with Gasteiger partial charge in [-0.2, -0.15) is 0 Å². The first-order valence-electron chi connectivity index (χ1n) is 9.23. The second kappa shape index (κ2) is 7.15. The number of allylic oxidation sites excluding steroid dienone is 1. The van der Waals surface area contributed by atoms with Gasteiger partial charge in [0.05, 0.1) is 23.9 Å². The van der Waals surface area contributed by atoms with Crippen LogP contribution in [-0.2, 0) is 14.3 Å². The molecule has 0 spiro atoms. The lowest BCUT2D eigenvalue weighted by Gasteiger charge is -2.15. The molecule has 0 saturated carbocycles. The number of likely N-dealkylation sites (N-methyl/N-ethyl adjacent to an activating group) is 1. The third-order valence-corrected chi connectivity index (χ3v) is 5.49. The molecule has 5 nitrogen and oxygen atoms in total. The Bertz CT molecular complexity index is 1030. The first-order chi connectivity index (χ1) is 13.2. The summed E-state index contributed by atoms with van der Waals surface area (Å²) in [5.41, 5.74) is 7.82. The normalized spacial score (nSPS) is 15.8. The second-order valence-corrected chi connectivity index (χ2v) is 7.28. The van der Waals surface area contributed by atoms with Gasteiger partial charge in [0.2, 0.25) is 0 Å². The highest BCUT2D eigenvalue weighted by Gasteiger charge is 2.35. The molecule has 1 amide bonds. The van der Waals surface area contributed by atoms with E-state index in [1.807, 2.05) is 19.9 Å². The Labute approximate surface area is 165 Å². The van der Waals surface area contributed by atoms with E-state index >= 15 is 0 Å². The number of ether oxygens (including phenoxy) is 1. The number of carbonyl (C=O) groups is 2. The third-order valence-electron chi connectivity index (χ3n) is 5.49. The fourth-order valence-electron chi connectivity index (χ4n) is 3.89. The standard InChI is InChI=1S/C23H26N2O3/c1-13-9-8-10-14(2)21(13)25-15(3)11-18(16(25)4)12-19-20(23(27)28-7)17(5)24(6)22(19)26/h8-12H,1-7H3/b19-12+. The largest absolute Gasteiger partial charge is 0.465 e. The maximum absolute atomic E-state index is 12.7. The number of nitrogens with zero attached hydrogens (tertiary/aromatic N) is 2. The SMILES string of the molecule is COC(=O)C1=C(C)N(C)C(=O)/C1=C/c1cc(C)n(-c2c(C)cccc2C)c1C. The molecule has 0 N–H and O–H groups in total. The van der Waals surface area contributed by atoms with E-state index in [1.54, 1.807) is 20.0 Å². The number of rotatable bonds is 3. The summed E-state index contributed by atoms with van der Waals surface area (Å²) in [5, 5.41) is 0. The van der Waals surface area contributed by atoms with Gasteiger partial charge in [-0.25, -0.2) is 4.79 Å². The van der Waals surface area contributed by atoms with Gasteiger partial charge >= 0.3 is 5.97 Å². The van der Waals surface area contributed by atoms with Crippen molar-refractivity contribution >= 4 is 18.0 Å². The highest BCUT2D eigenvalue weighted by atomic mass is 16.5. The van der Waals surface area contributed by atoms with E-state index in [4.69, 9.17) is 4.74 Å². The first kappa shape index (κ1) is 19.7. The van der Waals surface area contributed by atoms with Gasteiger partial charge in [-0.3, -0.25) is 4.79 Å². The summed E-state index contributed by atoms with van der Waals surface area (Å²) in [5.74, 6) is -0.695. The number of amides is 1. The number of hydrogen-bond acceptors (Lipinski definition) is 3. The second-order valence-electron chi connectivity index (χ2n) is 7.28. The molecule has 0 unspecified atom stereocenters. The van der Waals surface area contributed by atoms with Crippen LogP contribution in [0.3, 0.4) is 0 Å². The molecule has 28 heavy (non-hydrogen) atoms. The third kappa shape index (κ3) is 2.97. The molecular formula is C23H26N2O3. The van der Waals surface area contributed by atoms with Crippen LogP contribution in [0.1, 0.15) is 35.0 Å². The number of esters is 1. The van der Waals surface area contributed by atoms with E-state index in [2.05, 4.69) is 36.6 Å². The Morgan fingerprint density at radius 2 is 1.68 bits per heavy atom. The van der Waals surface area contributed by atoms with Crippen LogP contribution in [0, 0.1) is 27.7 Å². The zero-order chi connectivity index (χ0) is 20.7. The minimum atomic E-state index is -0.495. The number of para-hydroxylation sites is 1. The fourth-order valence-corrected chi connectivity index (χ4v) is 3.89. The zero-order valence-corrected chi connectivity index (χ0v) is 17.5. The van der Waals surface area contributed by atoms with Crippen LogP contribution in [0.5, 0.6) is 0 Å². The molecule has 0 bridgehead atoms. The van der Waals surface area contributed by atoms with Crippen LogP contribution in [-0.4, -0.2) is 35.5 Å². The summed E-state index contributed by atoms with van der Waals surface area (Å²) in [6, 6.07) is 8.28. The lowest BCUT2D eigenvalue weighted by molar-refractivity contribution is -0.136. The van der Waals surface area contributed by atoms with Crippen molar-refractivity contribution in [2.45, 2.75) is 34.6 Å². The predicted octanol–water partition coefficient (Wildman–Crippen LogP) is 4.01. The van der Waals surface area contributed by atoms with Crippen LogP contribution < -0.4 is 0 Å². The Hall–Kier alpha value is -3.08. The van der Waals surface area contributed by atoms with E-state index < -0.39 is 5.97 Å². The van der Waals surface area contributed by atoms with E-state index in [0.29, 0.717) is 16.8 Å². The maximum Gasteiger partial charge on any atom is 0.340 e. The van der Waals surface area contributed by atoms with Crippen LogP contribution in [0.25, 0.3) is 11.8 Å². The zero-order valence-electron chi connectivity index (χ0n) is 17.5. The molecule has 146 valence electrons. The van der Waals surface area contributed by atoms with Crippen molar-refractivity contribution in [3.8, 4) is 5.69 Å². The summed E-state index contributed by atoms with van der Waals surface area (Å²) >= 11 is 0. The molecular weight excluding hydrogens is 352 g/mol. The first-order valence-corrected chi connectivity index (χ1v) is 9.23. The molecule has 1 aromatic carbocycles. The fraction of sp³-hybridized carbons (Fsp3) is 0.304. The number of hydrogen-bond donors (Lipinski definition) is 0. The van der Waals surface area contributed by atoms with Crippen molar-refractivity contribution in [1.29, 1.82) is 0 Å². The van der Waals surface area contributed by atoms with Crippen molar-refractivity contribution in [3.05, 3.63) is 69.2 Å². The molecule has 1 aromatic heterocycles. The quantitative estimate of drug-likeness (QED) is 0.599. The van der Waals surface area contributed by atoms with Crippen LogP contribution in [0.2, 0.25) is 0 Å². The summed E-state index contributed by atoms with van der Waals surface area (Å²) in [7, 11) is 3.00. The van der Waals surface area contributed by atoms with E-state index in [-0.39, 0.29) is 5.91 Å². The summed E-state index contributed by atoms with van der Waals surface area (Å²) < 4.78 is 7.11. The minimum Gasteiger partial charge on any atom is -0.465 e. The summed E-state index contributed by atoms with van der Waals surface area (Å²) in [6.45, 7) is 10.0. The Morgan fingerprint density at radius 1 is 1.07 bits per heavy atom. The Kier molecular flexibility index (Phi) is 5.02. The number of aromatic nitrogens is 1. The van der Waals surface area contributed by atoms with E-state index in [1.165, 1.54) is 23.1 Å². The van der Waals surface area contributed by atoms with Crippen molar-refractivity contribution < 1.29 is 14.3 Å². The van der Waals surface area contributed by atoms with Crippen LogP contribution in [0.15, 0.2) is 41.1 Å². The summed E-state index contributed by atoms with van der Waals surface area (Å²) in [4.78, 5) is 26.5. The highest BCUT2D eigenvalue weighted by molar-refractivity contribution is 6.16. The molecule has 0 aliphatic carbocycles. The van der Waals surface area contributed by atoms with Crippen molar-refractivity contribution in [3.63, 3.8) is 0 Å². The average Bonchev–Trinajstić information content (AvgIpc) is 3.04. The van der Waals surface area contributed by atoms with Gasteiger partial charge in [-0.05, 0) is 63.5 Å². The average molecular weight is 378 g/mol. The minimum absolute atomic E-state index is 0.199.